The number of hydrogen-bond acceptors (Lipinski definition) is 4. The van der Waals surface area contributed by atoms with Crippen LogP contribution in [0.4, 0.5) is 11.4 Å². The molecule has 0 aromatic heterocycles. The Bertz CT molecular complexity index is 1230. The zero-order valence-corrected chi connectivity index (χ0v) is 19.1. The van der Waals surface area contributed by atoms with Crippen LogP contribution >= 0.6 is 35.0 Å². The number of nitrogens with zero attached hydrogens (tertiary/aromatic N) is 1. The highest BCUT2D eigenvalue weighted by molar-refractivity contribution is 8.04. The molecule has 4 nitrogen and oxygen atoms in total. The summed E-state index contributed by atoms with van der Waals surface area (Å²) in [6.45, 7) is 4.01. The van der Waals surface area contributed by atoms with Crippen LogP contribution in [0.1, 0.15) is 11.1 Å². The summed E-state index contributed by atoms with van der Waals surface area (Å²) >= 11 is 13.7. The summed E-state index contributed by atoms with van der Waals surface area (Å²) in [4.78, 5) is 29.0. The van der Waals surface area contributed by atoms with Crippen molar-refractivity contribution in [2.75, 3.05) is 10.2 Å². The standard InChI is InChI=1S/C24H18Cl2N2O2S/c1-14-11-12-16(13-15(14)2)27-21-22(31-17-7-4-3-5-8-17)24(30)28(23(21)29)19-10-6-9-18(25)20(19)26/h3-13,27H,1-2H3. The smallest absolute Gasteiger partial charge is 0.283 e. The molecule has 3 aromatic carbocycles. The molecule has 156 valence electrons. The minimum absolute atomic E-state index is 0.155. The second-order valence-electron chi connectivity index (χ2n) is 7.06. The van der Waals surface area contributed by atoms with Crippen LogP contribution in [0.15, 0.2) is 82.2 Å². The van der Waals surface area contributed by atoms with Crippen LogP contribution in [-0.2, 0) is 9.59 Å². The lowest BCUT2D eigenvalue weighted by Gasteiger charge is -2.17. The van der Waals surface area contributed by atoms with Crippen molar-refractivity contribution < 1.29 is 9.59 Å². The van der Waals surface area contributed by atoms with Crippen LogP contribution in [0.25, 0.3) is 0 Å². The fraction of sp³-hybridized carbons (Fsp3) is 0.0833. The first kappa shape index (κ1) is 21.5. The third-order valence-corrected chi connectivity index (χ3v) is 6.85. The average molecular weight is 469 g/mol. The highest BCUT2D eigenvalue weighted by Gasteiger charge is 2.41. The van der Waals surface area contributed by atoms with Gasteiger partial charge >= 0.3 is 0 Å². The molecule has 0 unspecified atom stereocenters. The molecule has 1 heterocycles. The number of nitrogens with one attached hydrogen (secondary N) is 1. The summed E-state index contributed by atoms with van der Waals surface area (Å²) in [5.74, 6) is -0.930. The molecule has 0 fully saturated rings. The van der Waals surface area contributed by atoms with E-state index in [9.17, 15) is 9.59 Å². The number of anilines is 2. The number of amides is 2. The lowest BCUT2D eigenvalue weighted by molar-refractivity contribution is -0.120. The van der Waals surface area contributed by atoms with Gasteiger partial charge in [-0.15, -0.1) is 0 Å². The van der Waals surface area contributed by atoms with Crippen LogP contribution in [0, 0.1) is 13.8 Å². The van der Waals surface area contributed by atoms with Crippen LogP contribution in [0.5, 0.6) is 0 Å². The van der Waals surface area contributed by atoms with Gasteiger partial charge in [-0.3, -0.25) is 9.59 Å². The quantitative estimate of drug-likeness (QED) is 0.428. The Morgan fingerprint density at radius 1 is 0.839 bits per heavy atom. The van der Waals surface area contributed by atoms with E-state index in [1.807, 2.05) is 62.4 Å². The van der Waals surface area contributed by atoms with Gasteiger partial charge in [0.05, 0.1) is 15.7 Å². The van der Waals surface area contributed by atoms with Gasteiger partial charge in [0.15, 0.2) is 0 Å². The molecule has 1 aliphatic heterocycles. The predicted molar refractivity (Wildman–Crippen MR) is 128 cm³/mol. The molecule has 1 aliphatic rings. The van der Waals surface area contributed by atoms with E-state index in [4.69, 9.17) is 23.2 Å². The van der Waals surface area contributed by atoms with Gasteiger partial charge in [0, 0.05) is 10.6 Å². The number of thioether (sulfide) groups is 1. The topological polar surface area (TPSA) is 49.4 Å². The number of imide groups is 1. The van der Waals surface area contributed by atoms with Gasteiger partial charge in [-0.2, -0.15) is 0 Å². The van der Waals surface area contributed by atoms with Gasteiger partial charge in [0.1, 0.15) is 10.6 Å². The molecule has 0 atom stereocenters. The molecule has 0 spiro atoms. The van der Waals surface area contributed by atoms with Gasteiger partial charge in [0.2, 0.25) is 0 Å². The van der Waals surface area contributed by atoms with Crippen molar-refractivity contribution in [2.45, 2.75) is 18.7 Å². The summed E-state index contributed by atoms with van der Waals surface area (Å²) in [6.07, 6.45) is 0. The Morgan fingerprint density at radius 2 is 1.58 bits per heavy atom. The first-order valence-electron chi connectivity index (χ1n) is 9.51. The summed E-state index contributed by atoms with van der Waals surface area (Å²) in [7, 11) is 0. The molecule has 2 amide bonds. The highest BCUT2D eigenvalue weighted by Crippen LogP contribution is 2.41. The number of rotatable bonds is 5. The molecule has 3 aromatic rings. The van der Waals surface area contributed by atoms with Crippen LogP contribution in [0.2, 0.25) is 10.0 Å². The zero-order valence-electron chi connectivity index (χ0n) is 16.8. The first-order valence-corrected chi connectivity index (χ1v) is 11.1. The van der Waals surface area contributed by atoms with E-state index in [-0.39, 0.29) is 21.4 Å². The third-order valence-electron chi connectivity index (χ3n) is 4.95. The maximum Gasteiger partial charge on any atom is 0.283 e. The first-order chi connectivity index (χ1) is 14.9. The monoisotopic (exact) mass is 468 g/mol. The lowest BCUT2D eigenvalue weighted by atomic mass is 10.1. The Kier molecular flexibility index (Phi) is 6.10. The molecule has 0 saturated carbocycles. The van der Waals surface area contributed by atoms with E-state index in [1.54, 1.807) is 18.2 Å². The SMILES string of the molecule is Cc1ccc(NC2=C(Sc3ccccc3)C(=O)N(c3cccc(Cl)c3Cl)C2=O)cc1C. The van der Waals surface area contributed by atoms with E-state index in [0.29, 0.717) is 4.91 Å². The van der Waals surface area contributed by atoms with Crippen LogP contribution in [0.3, 0.4) is 0 Å². The van der Waals surface area contributed by atoms with Crippen molar-refractivity contribution in [2.24, 2.45) is 0 Å². The summed E-state index contributed by atoms with van der Waals surface area (Å²) < 4.78 is 0. The lowest BCUT2D eigenvalue weighted by Crippen LogP contribution is -2.32. The number of halogens is 2. The number of aryl methyl sites for hydroxylation is 2. The summed E-state index contributed by atoms with van der Waals surface area (Å²) in [5.41, 5.74) is 3.41. The van der Waals surface area contributed by atoms with Gasteiger partial charge in [-0.05, 0) is 61.4 Å². The predicted octanol–water partition coefficient (Wildman–Crippen LogP) is 6.60. The molecule has 0 aliphatic carbocycles. The molecule has 7 heteroatoms. The van der Waals surface area contributed by atoms with Gasteiger partial charge in [0.25, 0.3) is 11.8 Å². The normalized spacial score (nSPS) is 13.9. The van der Waals surface area contributed by atoms with Gasteiger partial charge in [-0.25, -0.2) is 4.90 Å². The molecule has 31 heavy (non-hydrogen) atoms. The molecular weight excluding hydrogens is 451 g/mol. The van der Waals surface area contributed by atoms with E-state index in [2.05, 4.69) is 5.32 Å². The van der Waals surface area contributed by atoms with E-state index < -0.39 is 11.8 Å². The average Bonchev–Trinajstić information content (AvgIpc) is 2.97. The molecule has 0 radical (unpaired) electrons. The van der Waals surface area contributed by atoms with Crippen molar-refractivity contribution in [3.05, 3.63) is 98.5 Å². The van der Waals surface area contributed by atoms with Crippen LogP contribution < -0.4 is 10.2 Å². The highest BCUT2D eigenvalue weighted by atomic mass is 35.5. The van der Waals surface area contributed by atoms with Crippen molar-refractivity contribution in [1.29, 1.82) is 0 Å². The van der Waals surface area contributed by atoms with Crippen molar-refractivity contribution in [3.63, 3.8) is 0 Å². The Hall–Kier alpha value is -2.73. The molecular formula is C24H18Cl2N2O2S. The van der Waals surface area contributed by atoms with Crippen molar-refractivity contribution in [1.82, 2.24) is 0 Å². The molecule has 0 saturated heterocycles. The zero-order chi connectivity index (χ0) is 22.1. The molecule has 4 rings (SSSR count). The van der Waals surface area contributed by atoms with Crippen molar-refractivity contribution in [3.8, 4) is 0 Å². The Morgan fingerprint density at radius 3 is 2.29 bits per heavy atom. The molecule has 1 N–H and O–H groups in total. The summed E-state index contributed by atoms with van der Waals surface area (Å²) in [5, 5.41) is 3.59. The second kappa shape index (κ2) is 8.79. The third kappa shape index (κ3) is 4.22. The minimum atomic E-state index is -0.481. The van der Waals surface area contributed by atoms with Gasteiger partial charge in [-0.1, -0.05) is 65.3 Å². The number of carbonyl (C=O) groups is 2. The van der Waals surface area contributed by atoms with E-state index in [0.717, 1.165) is 26.6 Å². The number of hydrogen-bond donors (Lipinski definition) is 1. The van der Waals surface area contributed by atoms with E-state index in [1.165, 1.54) is 11.8 Å². The number of carbonyl (C=O) groups excluding carboxylic acids is 2. The largest absolute Gasteiger partial charge is 0.350 e. The fourth-order valence-electron chi connectivity index (χ4n) is 3.17. The number of benzene rings is 3. The summed E-state index contributed by atoms with van der Waals surface area (Å²) in [6, 6.07) is 20.1. The van der Waals surface area contributed by atoms with Gasteiger partial charge < -0.3 is 5.32 Å². The Balaban J connectivity index is 1.78. The fourth-order valence-corrected chi connectivity index (χ4v) is 4.50. The molecule has 0 bridgehead atoms. The minimum Gasteiger partial charge on any atom is -0.350 e. The Labute approximate surface area is 194 Å². The van der Waals surface area contributed by atoms with Crippen molar-refractivity contribution >= 4 is 58.2 Å². The van der Waals surface area contributed by atoms with E-state index >= 15 is 0 Å². The van der Waals surface area contributed by atoms with Crippen LogP contribution in [-0.4, -0.2) is 11.8 Å². The maximum absolute atomic E-state index is 13.4. The maximum atomic E-state index is 13.4. The second-order valence-corrected chi connectivity index (χ2v) is 8.93.